The Labute approximate surface area is 175 Å². The minimum absolute atomic E-state index is 0.0609. The molecule has 0 aliphatic carbocycles. The number of benzene rings is 1. The number of carbonyl (C=O) groups excluding carboxylic acids is 2. The normalized spacial score (nSPS) is 16.0. The lowest BCUT2D eigenvalue weighted by Gasteiger charge is -2.22. The average Bonchev–Trinajstić information content (AvgIpc) is 3.09. The summed E-state index contributed by atoms with van der Waals surface area (Å²) in [6.45, 7) is 8.98. The van der Waals surface area contributed by atoms with Gasteiger partial charge in [-0.05, 0) is 31.9 Å². The molecule has 0 fully saturated rings. The number of halogens is 1. The number of hydrogen-bond acceptors (Lipinski definition) is 5. The number of nitrogens with zero attached hydrogens (tertiary/aromatic N) is 2. The third kappa shape index (κ3) is 4.75. The van der Waals surface area contributed by atoms with Gasteiger partial charge in [-0.15, -0.1) is 0 Å². The third-order valence-electron chi connectivity index (χ3n) is 5.01. The van der Waals surface area contributed by atoms with E-state index in [-0.39, 0.29) is 36.1 Å². The number of aromatic nitrogens is 2. The number of hydrogen-bond donors (Lipinski definition) is 2. The largest absolute Gasteiger partial charge is 0.485 e. The number of rotatable bonds is 6. The molecule has 30 heavy (non-hydrogen) atoms. The van der Waals surface area contributed by atoms with Crippen molar-refractivity contribution >= 4 is 11.8 Å². The second-order valence-corrected chi connectivity index (χ2v) is 8.00. The predicted octanol–water partition coefficient (Wildman–Crippen LogP) is 2.48. The maximum Gasteiger partial charge on any atom is 0.242 e. The fourth-order valence-electron chi connectivity index (χ4n) is 3.53. The number of amides is 2. The zero-order valence-corrected chi connectivity index (χ0v) is 17.9. The van der Waals surface area contributed by atoms with Crippen molar-refractivity contribution < 1.29 is 18.7 Å². The van der Waals surface area contributed by atoms with Crippen molar-refractivity contribution in [1.82, 2.24) is 20.6 Å². The van der Waals surface area contributed by atoms with E-state index in [1.807, 2.05) is 33.8 Å². The smallest absolute Gasteiger partial charge is 0.242 e. The lowest BCUT2D eigenvalue weighted by atomic mass is 10.0. The molecule has 0 unspecified atom stereocenters. The molecule has 1 aromatic heterocycles. The summed E-state index contributed by atoms with van der Waals surface area (Å²) >= 11 is 0. The SMILES string of the molecule is CC(=O)N[C@H](C(=O)NC[C@@H]1Cc2cc(-c3nc(C)cnc3C)cc(F)c2O1)C(C)C. The van der Waals surface area contributed by atoms with E-state index in [1.54, 1.807) is 6.20 Å². The van der Waals surface area contributed by atoms with Gasteiger partial charge in [0, 0.05) is 30.7 Å². The Kier molecular flexibility index (Phi) is 6.34. The minimum atomic E-state index is -0.627. The van der Waals surface area contributed by atoms with E-state index in [2.05, 4.69) is 20.6 Å². The van der Waals surface area contributed by atoms with Crippen LogP contribution in [0.1, 0.15) is 37.7 Å². The molecule has 2 aromatic rings. The molecule has 2 heterocycles. The van der Waals surface area contributed by atoms with E-state index in [1.165, 1.54) is 13.0 Å². The van der Waals surface area contributed by atoms with E-state index >= 15 is 0 Å². The van der Waals surface area contributed by atoms with Gasteiger partial charge in [0.15, 0.2) is 11.6 Å². The third-order valence-corrected chi connectivity index (χ3v) is 5.01. The molecule has 2 N–H and O–H groups in total. The average molecular weight is 414 g/mol. The van der Waals surface area contributed by atoms with Crippen LogP contribution in [0.4, 0.5) is 4.39 Å². The van der Waals surface area contributed by atoms with Crippen molar-refractivity contribution in [3.63, 3.8) is 0 Å². The molecule has 8 heteroatoms. The van der Waals surface area contributed by atoms with E-state index < -0.39 is 11.9 Å². The molecule has 0 saturated heterocycles. The highest BCUT2D eigenvalue weighted by Gasteiger charge is 2.29. The van der Waals surface area contributed by atoms with Gasteiger partial charge >= 0.3 is 0 Å². The van der Waals surface area contributed by atoms with E-state index in [9.17, 15) is 14.0 Å². The Morgan fingerprint density at radius 3 is 2.70 bits per heavy atom. The molecule has 2 amide bonds. The number of fused-ring (bicyclic) bond motifs is 1. The van der Waals surface area contributed by atoms with Crippen molar-refractivity contribution in [3.8, 4) is 17.0 Å². The lowest BCUT2D eigenvalue weighted by Crippen LogP contribution is -2.50. The van der Waals surface area contributed by atoms with Crippen LogP contribution in [-0.2, 0) is 16.0 Å². The van der Waals surface area contributed by atoms with Crippen LogP contribution in [0.15, 0.2) is 18.3 Å². The maximum absolute atomic E-state index is 14.7. The van der Waals surface area contributed by atoms with Gasteiger partial charge in [0.1, 0.15) is 12.1 Å². The van der Waals surface area contributed by atoms with Crippen LogP contribution < -0.4 is 15.4 Å². The molecule has 0 bridgehead atoms. The highest BCUT2D eigenvalue weighted by atomic mass is 19.1. The van der Waals surface area contributed by atoms with Gasteiger partial charge in [-0.2, -0.15) is 0 Å². The summed E-state index contributed by atoms with van der Waals surface area (Å²) in [5.74, 6) is -0.866. The summed E-state index contributed by atoms with van der Waals surface area (Å²) in [6, 6.07) is 2.64. The van der Waals surface area contributed by atoms with Gasteiger partial charge in [-0.1, -0.05) is 13.8 Å². The molecule has 1 aromatic carbocycles. The summed E-state index contributed by atoms with van der Waals surface area (Å²) in [6.07, 6.45) is 1.75. The molecule has 2 atom stereocenters. The molecule has 160 valence electrons. The quantitative estimate of drug-likeness (QED) is 0.758. The molecule has 1 aliphatic heterocycles. The lowest BCUT2D eigenvalue weighted by molar-refractivity contribution is -0.129. The molecule has 1 aliphatic rings. The van der Waals surface area contributed by atoms with Crippen molar-refractivity contribution in [2.45, 2.75) is 53.2 Å². The number of aryl methyl sites for hydroxylation is 2. The van der Waals surface area contributed by atoms with Crippen LogP contribution in [0.25, 0.3) is 11.3 Å². The Hall–Kier alpha value is -3.03. The number of ether oxygens (including phenoxy) is 1. The van der Waals surface area contributed by atoms with Crippen molar-refractivity contribution in [3.05, 3.63) is 41.1 Å². The first kappa shape index (κ1) is 21.7. The summed E-state index contributed by atoms with van der Waals surface area (Å²) in [4.78, 5) is 32.6. The summed E-state index contributed by atoms with van der Waals surface area (Å²) in [5.41, 5.74) is 3.50. The van der Waals surface area contributed by atoms with Gasteiger partial charge in [0.2, 0.25) is 11.8 Å². The topological polar surface area (TPSA) is 93.2 Å². The summed E-state index contributed by atoms with van der Waals surface area (Å²) < 4.78 is 20.5. The Morgan fingerprint density at radius 2 is 2.03 bits per heavy atom. The Bertz CT molecular complexity index is 977. The number of nitrogens with one attached hydrogen (secondary N) is 2. The molecule has 0 radical (unpaired) electrons. The Balaban J connectivity index is 1.71. The first-order chi connectivity index (χ1) is 14.2. The molecular formula is C22H27FN4O3. The molecular weight excluding hydrogens is 387 g/mol. The first-order valence-corrected chi connectivity index (χ1v) is 10.00. The van der Waals surface area contributed by atoms with Gasteiger partial charge < -0.3 is 15.4 Å². The zero-order valence-electron chi connectivity index (χ0n) is 17.9. The van der Waals surface area contributed by atoms with Gasteiger partial charge in [-0.3, -0.25) is 14.6 Å². The first-order valence-electron chi connectivity index (χ1n) is 10.00. The van der Waals surface area contributed by atoms with Crippen LogP contribution in [0.5, 0.6) is 5.75 Å². The van der Waals surface area contributed by atoms with E-state index in [0.29, 0.717) is 17.7 Å². The fourth-order valence-corrected chi connectivity index (χ4v) is 3.53. The van der Waals surface area contributed by atoms with Crippen LogP contribution in [0, 0.1) is 25.6 Å². The van der Waals surface area contributed by atoms with Crippen molar-refractivity contribution in [1.29, 1.82) is 0 Å². The maximum atomic E-state index is 14.7. The van der Waals surface area contributed by atoms with Gasteiger partial charge in [-0.25, -0.2) is 9.37 Å². The van der Waals surface area contributed by atoms with Crippen LogP contribution in [0.3, 0.4) is 0 Å². The summed E-state index contributed by atoms with van der Waals surface area (Å²) in [5, 5.41) is 5.46. The van der Waals surface area contributed by atoms with Gasteiger partial charge in [0.05, 0.1) is 23.6 Å². The van der Waals surface area contributed by atoms with Crippen LogP contribution >= 0.6 is 0 Å². The standard InChI is InChI=1S/C22H27FN4O3/c1-11(2)19(27-14(5)28)22(29)25-10-17-7-16-6-15(8-18(23)21(16)30-17)20-13(4)24-9-12(3)26-20/h6,8-9,11,17,19H,7,10H2,1-5H3,(H,25,29)(H,27,28)/t17-,19-/m0/s1. The summed E-state index contributed by atoms with van der Waals surface area (Å²) in [7, 11) is 0. The van der Waals surface area contributed by atoms with E-state index in [0.717, 1.165) is 17.0 Å². The van der Waals surface area contributed by atoms with E-state index in [4.69, 9.17) is 4.74 Å². The minimum Gasteiger partial charge on any atom is -0.485 e. The van der Waals surface area contributed by atoms with Crippen molar-refractivity contribution in [2.24, 2.45) is 5.92 Å². The van der Waals surface area contributed by atoms with Crippen LogP contribution in [0.2, 0.25) is 0 Å². The molecule has 0 saturated carbocycles. The van der Waals surface area contributed by atoms with Crippen LogP contribution in [-0.4, -0.2) is 40.5 Å². The second kappa shape index (κ2) is 8.77. The highest BCUT2D eigenvalue weighted by molar-refractivity contribution is 5.87. The fraction of sp³-hybridized carbons (Fsp3) is 0.455. The Morgan fingerprint density at radius 1 is 1.30 bits per heavy atom. The predicted molar refractivity (Wildman–Crippen MR) is 110 cm³/mol. The second-order valence-electron chi connectivity index (χ2n) is 8.00. The van der Waals surface area contributed by atoms with Gasteiger partial charge in [0.25, 0.3) is 0 Å². The van der Waals surface area contributed by atoms with Crippen molar-refractivity contribution in [2.75, 3.05) is 6.54 Å². The molecule has 3 rings (SSSR count). The molecule has 0 spiro atoms. The zero-order chi connectivity index (χ0) is 22.0. The number of carbonyl (C=O) groups is 2. The highest BCUT2D eigenvalue weighted by Crippen LogP contribution is 2.35. The monoisotopic (exact) mass is 414 g/mol. The molecule has 7 nitrogen and oxygen atoms in total.